The van der Waals surface area contributed by atoms with Gasteiger partial charge in [-0.15, -0.1) is 0 Å². The molecule has 0 radical (unpaired) electrons. The molecule has 1 heterocycles. The van der Waals surface area contributed by atoms with Crippen LogP contribution in [0.2, 0.25) is 0 Å². The molecule has 1 atom stereocenters. The van der Waals surface area contributed by atoms with Crippen LogP contribution in [0.3, 0.4) is 0 Å². The van der Waals surface area contributed by atoms with Gasteiger partial charge in [0.15, 0.2) is 0 Å². The molecule has 0 saturated carbocycles. The van der Waals surface area contributed by atoms with E-state index in [-0.39, 0.29) is 5.92 Å². The van der Waals surface area contributed by atoms with Gasteiger partial charge in [0.2, 0.25) is 0 Å². The van der Waals surface area contributed by atoms with Gasteiger partial charge in [0.25, 0.3) is 0 Å². The Balaban J connectivity index is 1.77. The van der Waals surface area contributed by atoms with E-state index in [4.69, 9.17) is 15.5 Å². The lowest BCUT2D eigenvalue weighted by Crippen LogP contribution is -2.07. The largest absolute Gasteiger partial charge is 0.497 e. The highest BCUT2D eigenvalue weighted by Gasteiger charge is 2.27. The smallest absolute Gasteiger partial charge is 0.127 e. The number of anilines is 2. The number of fused-ring (bicyclic) bond motifs is 2. The van der Waals surface area contributed by atoms with Gasteiger partial charge in [0.05, 0.1) is 12.6 Å². The van der Waals surface area contributed by atoms with Crippen molar-refractivity contribution >= 4 is 34.2 Å². The van der Waals surface area contributed by atoms with Gasteiger partial charge in [-0.25, -0.2) is 4.98 Å². The maximum absolute atomic E-state index is 6.40. The van der Waals surface area contributed by atoms with Crippen LogP contribution >= 0.6 is 11.8 Å². The molecule has 0 amide bonds. The van der Waals surface area contributed by atoms with Crippen molar-refractivity contribution in [1.29, 1.82) is 0 Å². The van der Waals surface area contributed by atoms with Gasteiger partial charge in [-0.3, -0.25) is 0 Å². The van der Waals surface area contributed by atoms with E-state index >= 15 is 0 Å². The van der Waals surface area contributed by atoms with E-state index in [0.29, 0.717) is 5.82 Å². The summed E-state index contributed by atoms with van der Waals surface area (Å²) in [7, 11) is 1.71. The van der Waals surface area contributed by atoms with E-state index in [1.54, 1.807) is 7.11 Å². The van der Waals surface area contributed by atoms with Crippen LogP contribution in [-0.2, 0) is 6.42 Å². The van der Waals surface area contributed by atoms with E-state index in [9.17, 15) is 0 Å². The zero-order valence-corrected chi connectivity index (χ0v) is 16.6. The van der Waals surface area contributed by atoms with Crippen LogP contribution < -0.4 is 15.8 Å². The molecule has 3 N–H and O–H groups in total. The average molecular weight is 380 g/mol. The number of benzene rings is 2. The summed E-state index contributed by atoms with van der Waals surface area (Å²) in [4.78, 5) is 4.73. The third kappa shape index (κ3) is 3.44. The number of hydrogen-bond donors (Lipinski definition) is 2. The molecule has 4 nitrogen and oxygen atoms in total. The number of ether oxygens (including phenoxy) is 1. The second-order valence-corrected chi connectivity index (χ2v) is 7.90. The van der Waals surface area contributed by atoms with Crippen molar-refractivity contribution in [3.05, 3.63) is 59.2 Å². The molecular weight excluding hydrogens is 354 g/mol. The normalized spacial score (nSPS) is 15.7. The van der Waals surface area contributed by atoms with Crippen LogP contribution in [0.25, 0.3) is 10.9 Å². The van der Waals surface area contributed by atoms with E-state index in [1.807, 2.05) is 30.0 Å². The lowest BCUT2D eigenvalue weighted by molar-refractivity contribution is 0.414. The van der Waals surface area contributed by atoms with Crippen LogP contribution in [0.15, 0.2) is 42.5 Å². The summed E-state index contributed by atoms with van der Waals surface area (Å²) < 4.78 is 5.44. The quantitative estimate of drug-likeness (QED) is 0.609. The molecule has 1 aliphatic carbocycles. The van der Waals surface area contributed by atoms with Crippen molar-refractivity contribution < 1.29 is 4.74 Å². The van der Waals surface area contributed by atoms with Gasteiger partial charge < -0.3 is 15.8 Å². The number of rotatable bonds is 6. The van der Waals surface area contributed by atoms with E-state index in [0.717, 1.165) is 53.0 Å². The molecule has 140 valence electrons. The molecule has 4 rings (SSSR count). The zero-order valence-electron chi connectivity index (χ0n) is 15.8. The summed E-state index contributed by atoms with van der Waals surface area (Å²) in [6, 6.07) is 14.8. The van der Waals surface area contributed by atoms with Crippen molar-refractivity contribution in [1.82, 2.24) is 4.98 Å². The Kier molecular flexibility index (Phi) is 5.12. The number of nitrogens with one attached hydrogen (secondary N) is 1. The number of aromatic nitrogens is 1. The van der Waals surface area contributed by atoms with Crippen LogP contribution in [0.1, 0.15) is 29.0 Å². The molecule has 0 saturated heterocycles. The van der Waals surface area contributed by atoms with Crippen LogP contribution in [-0.4, -0.2) is 30.6 Å². The van der Waals surface area contributed by atoms with Gasteiger partial charge in [-0.2, -0.15) is 11.8 Å². The first-order valence-corrected chi connectivity index (χ1v) is 10.7. The first-order chi connectivity index (χ1) is 13.2. The van der Waals surface area contributed by atoms with Crippen molar-refractivity contribution in [3.8, 4) is 5.75 Å². The summed E-state index contributed by atoms with van der Waals surface area (Å²) >= 11 is 1.84. The van der Waals surface area contributed by atoms with Crippen molar-refractivity contribution in [3.63, 3.8) is 0 Å². The lowest BCUT2D eigenvalue weighted by Gasteiger charge is -2.17. The van der Waals surface area contributed by atoms with Gasteiger partial charge in [0, 0.05) is 34.9 Å². The third-order valence-corrected chi connectivity index (χ3v) is 5.96. The zero-order chi connectivity index (χ0) is 18.8. The number of pyridine rings is 1. The minimum atomic E-state index is 0.270. The van der Waals surface area contributed by atoms with E-state index < -0.39 is 0 Å². The molecule has 2 aromatic carbocycles. The van der Waals surface area contributed by atoms with Gasteiger partial charge >= 0.3 is 0 Å². The van der Waals surface area contributed by atoms with Crippen molar-refractivity contribution in [2.75, 3.05) is 36.7 Å². The van der Waals surface area contributed by atoms with E-state index in [1.165, 1.54) is 11.1 Å². The highest BCUT2D eigenvalue weighted by Crippen LogP contribution is 2.42. The Morgan fingerprint density at radius 2 is 2.11 bits per heavy atom. The van der Waals surface area contributed by atoms with Crippen LogP contribution in [0, 0.1) is 0 Å². The Morgan fingerprint density at radius 1 is 1.22 bits per heavy atom. The summed E-state index contributed by atoms with van der Waals surface area (Å²) in [6.07, 6.45) is 4.24. The standard InChI is InChI=1S/C22H25N3OS/c1-26-15-8-6-14-7-9-16(17(14)12-15)18-13-19-20(24-10-11-27-2)4-3-5-21(19)25-22(18)23/h3-6,8,12-13,16,24H,7,9-11H2,1-2H3,(H2,23,25). The van der Waals surface area contributed by atoms with Crippen molar-refractivity contribution in [2.24, 2.45) is 0 Å². The minimum absolute atomic E-state index is 0.270. The summed E-state index contributed by atoms with van der Waals surface area (Å²) in [5.74, 6) is 2.87. The molecule has 1 aliphatic rings. The molecule has 1 aromatic heterocycles. The Labute approximate surface area is 164 Å². The molecule has 3 aromatic rings. The summed E-state index contributed by atoms with van der Waals surface area (Å²) in [5, 5.41) is 4.68. The molecular formula is C22H25N3OS. The first-order valence-electron chi connectivity index (χ1n) is 9.30. The second kappa shape index (κ2) is 7.69. The lowest BCUT2D eigenvalue weighted by atomic mass is 9.92. The molecule has 1 unspecified atom stereocenters. The van der Waals surface area contributed by atoms with Crippen LogP contribution in [0.5, 0.6) is 5.75 Å². The van der Waals surface area contributed by atoms with Crippen molar-refractivity contribution in [2.45, 2.75) is 18.8 Å². The Bertz CT molecular complexity index is 973. The number of methoxy groups -OCH3 is 1. The molecule has 0 bridgehead atoms. The Hall–Kier alpha value is -2.40. The van der Waals surface area contributed by atoms with Gasteiger partial charge in [-0.05, 0) is 60.6 Å². The minimum Gasteiger partial charge on any atom is -0.497 e. The number of hydrogen-bond acceptors (Lipinski definition) is 5. The molecule has 5 heteroatoms. The maximum Gasteiger partial charge on any atom is 0.127 e. The first kappa shape index (κ1) is 18.0. The molecule has 0 fully saturated rings. The fourth-order valence-electron chi connectivity index (χ4n) is 3.98. The maximum atomic E-state index is 6.40. The highest BCUT2D eigenvalue weighted by atomic mass is 32.2. The number of nitrogens with two attached hydrogens (primary N) is 1. The fraction of sp³-hybridized carbons (Fsp3) is 0.318. The number of nitrogen functional groups attached to an aromatic ring is 1. The number of aryl methyl sites for hydroxylation is 1. The topological polar surface area (TPSA) is 60.2 Å². The SMILES string of the molecule is COc1ccc2c(c1)C(c1cc3c(NCCSC)cccc3nc1N)CC2. The molecule has 27 heavy (non-hydrogen) atoms. The third-order valence-electron chi connectivity index (χ3n) is 5.35. The number of thioether (sulfide) groups is 1. The predicted octanol–water partition coefficient (Wildman–Crippen LogP) is 4.68. The van der Waals surface area contributed by atoms with Gasteiger partial charge in [-0.1, -0.05) is 12.1 Å². The average Bonchev–Trinajstić information content (AvgIpc) is 3.10. The number of nitrogens with zero attached hydrogens (tertiary/aromatic N) is 1. The predicted molar refractivity (Wildman–Crippen MR) is 116 cm³/mol. The van der Waals surface area contributed by atoms with Gasteiger partial charge in [0.1, 0.15) is 11.6 Å². The second-order valence-electron chi connectivity index (χ2n) is 6.91. The summed E-state index contributed by atoms with van der Waals surface area (Å²) in [5.41, 5.74) is 12.3. The van der Waals surface area contributed by atoms with E-state index in [2.05, 4.69) is 35.8 Å². The highest BCUT2D eigenvalue weighted by molar-refractivity contribution is 7.98. The molecule has 0 aliphatic heterocycles. The van der Waals surface area contributed by atoms with Crippen LogP contribution in [0.4, 0.5) is 11.5 Å². The molecule has 0 spiro atoms. The monoisotopic (exact) mass is 379 g/mol. The Morgan fingerprint density at radius 3 is 2.93 bits per heavy atom. The fourth-order valence-corrected chi connectivity index (χ4v) is 4.28. The summed E-state index contributed by atoms with van der Waals surface area (Å²) in [6.45, 7) is 0.934.